The fourth-order valence-corrected chi connectivity index (χ4v) is 5.52. The number of hydrogen-bond acceptors (Lipinski definition) is 9. The minimum absolute atomic E-state index is 0.697. The van der Waals surface area contributed by atoms with Gasteiger partial charge in [-0.2, -0.15) is 4.98 Å². The lowest BCUT2D eigenvalue weighted by molar-refractivity contribution is 0.122. The number of fused-ring (bicyclic) bond motifs is 2. The summed E-state index contributed by atoms with van der Waals surface area (Å²) in [6.07, 6.45) is 1.64. The first kappa shape index (κ1) is 21.5. The zero-order valence-electron chi connectivity index (χ0n) is 19.0. The van der Waals surface area contributed by atoms with E-state index in [1.165, 1.54) is 16.3 Å². The predicted molar refractivity (Wildman–Crippen MR) is 137 cm³/mol. The second kappa shape index (κ2) is 9.69. The summed E-state index contributed by atoms with van der Waals surface area (Å²) < 4.78 is 5.59. The van der Waals surface area contributed by atoms with E-state index in [4.69, 9.17) is 14.7 Å². The Morgan fingerprint density at radius 2 is 1.68 bits per heavy atom. The first-order valence-corrected chi connectivity index (χ1v) is 12.8. The Morgan fingerprint density at radius 1 is 0.853 bits per heavy atom. The Bertz CT molecular complexity index is 1300. The molecule has 2 aliphatic heterocycles. The molecule has 2 aromatic carbocycles. The van der Waals surface area contributed by atoms with Gasteiger partial charge in [0.05, 0.1) is 13.2 Å². The largest absolute Gasteiger partial charge is 0.378 e. The molecule has 0 bridgehead atoms. The average Bonchev–Trinajstić information content (AvgIpc) is 2.92. The van der Waals surface area contributed by atoms with E-state index in [-0.39, 0.29) is 0 Å². The SMILES string of the molecule is c1ccc2c(CSc3ncnc4c(N5CCOCC5)nc(N5CCNCC5)nc34)cccc2c1. The fourth-order valence-electron chi connectivity index (χ4n) is 4.57. The molecule has 6 rings (SSSR count). The molecule has 0 spiro atoms. The van der Waals surface area contributed by atoms with Gasteiger partial charge in [-0.3, -0.25) is 0 Å². The number of anilines is 2. The number of thioether (sulfide) groups is 1. The van der Waals surface area contributed by atoms with Crippen molar-refractivity contribution in [1.29, 1.82) is 0 Å². The molecule has 0 atom stereocenters. The Labute approximate surface area is 202 Å². The highest BCUT2D eigenvalue weighted by Gasteiger charge is 2.23. The van der Waals surface area contributed by atoms with Crippen LogP contribution in [0.2, 0.25) is 0 Å². The summed E-state index contributed by atoms with van der Waals surface area (Å²) in [7, 11) is 0. The molecule has 34 heavy (non-hydrogen) atoms. The zero-order valence-corrected chi connectivity index (χ0v) is 19.8. The van der Waals surface area contributed by atoms with E-state index in [2.05, 4.69) is 67.5 Å². The van der Waals surface area contributed by atoms with Crippen LogP contribution in [0.3, 0.4) is 0 Å². The van der Waals surface area contributed by atoms with Crippen molar-refractivity contribution < 1.29 is 4.74 Å². The zero-order chi connectivity index (χ0) is 22.7. The van der Waals surface area contributed by atoms with Crippen LogP contribution in [0, 0.1) is 0 Å². The van der Waals surface area contributed by atoms with Gasteiger partial charge in [-0.05, 0) is 16.3 Å². The summed E-state index contributed by atoms with van der Waals surface area (Å²) in [5, 5.41) is 6.84. The third kappa shape index (κ3) is 4.26. The van der Waals surface area contributed by atoms with Gasteiger partial charge in [0.25, 0.3) is 0 Å². The molecule has 174 valence electrons. The van der Waals surface area contributed by atoms with E-state index in [1.54, 1.807) is 18.1 Å². The van der Waals surface area contributed by atoms with Crippen LogP contribution in [0.5, 0.6) is 0 Å². The topological polar surface area (TPSA) is 79.3 Å². The van der Waals surface area contributed by atoms with E-state index >= 15 is 0 Å². The molecule has 2 fully saturated rings. The molecule has 0 radical (unpaired) electrons. The predicted octanol–water partition coefficient (Wildman–Crippen LogP) is 3.11. The molecule has 1 N–H and O–H groups in total. The van der Waals surface area contributed by atoms with Gasteiger partial charge in [0.15, 0.2) is 5.82 Å². The molecule has 8 nitrogen and oxygen atoms in total. The van der Waals surface area contributed by atoms with E-state index in [0.29, 0.717) is 13.2 Å². The minimum Gasteiger partial charge on any atom is -0.378 e. The lowest BCUT2D eigenvalue weighted by Gasteiger charge is -2.31. The smallest absolute Gasteiger partial charge is 0.228 e. The second-order valence-electron chi connectivity index (χ2n) is 8.49. The maximum absolute atomic E-state index is 5.59. The number of ether oxygens (including phenoxy) is 1. The number of morpholine rings is 1. The summed E-state index contributed by atoms with van der Waals surface area (Å²) >= 11 is 1.71. The molecule has 4 aromatic rings. The van der Waals surface area contributed by atoms with Crippen LogP contribution in [0.4, 0.5) is 11.8 Å². The van der Waals surface area contributed by atoms with Gasteiger partial charge < -0.3 is 19.9 Å². The number of benzene rings is 2. The first-order valence-electron chi connectivity index (χ1n) is 11.8. The van der Waals surface area contributed by atoms with Crippen molar-refractivity contribution in [3.05, 3.63) is 54.4 Å². The summed E-state index contributed by atoms with van der Waals surface area (Å²) in [4.78, 5) is 23.9. The number of nitrogens with one attached hydrogen (secondary N) is 1. The highest BCUT2D eigenvalue weighted by Crippen LogP contribution is 2.33. The Kier molecular flexibility index (Phi) is 6.14. The van der Waals surface area contributed by atoms with Crippen LogP contribution >= 0.6 is 11.8 Å². The number of aromatic nitrogens is 4. The number of piperazine rings is 1. The molecule has 0 aliphatic carbocycles. The molecule has 9 heteroatoms. The summed E-state index contributed by atoms with van der Waals surface area (Å²) in [6, 6.07) is 15.0. The summed E-state index contributed by atoms with van der Waals surface area (Å²) in [5.41, 5.74) is 2.94. The Morgan fingerprint density at radius 3 is 2.56 bits per heavy atom. The molecule has 4 heterocycles. The van der Waals surface area contributed by atoms with Crippen molar-refractivity contribution in [3.63, 3.8) is 0 Å². The van der Waals surface area contributed by atoms with Crippen molar-refractivity contribution in [2.75, 3.05) is 62.3 Å². The van der Waals surface area contributed by atoms with Crippen LogP contribution in [0.15, 0.2) is 53.8 Å². The lowest BCUT2D eigenvalue weighted by atomic mass is 10.1. The minimum atomic E-state index is 0.697. The van der Waals surface area contributed by atoms with Gasteiger partial charge >= 0.3 is 0 Å². The third-order valence-corrected chi connectivity index (χ3v) is 7.40. The van der Waals surface area contributed by atoms with Crippen LogP contribution < -0.4 is 15.1 Å². The molecule has 0 unspecified atom stereocenters. The van der Waals surface area contributed by atoms with Gasteiger partial charge in [0.1, 0.15) is 22.4 Å². The fraction of sp³-hybridized carbons (Fsp3) is 0.360. The van der Waals surface area contributed by atoms with Crippen LogP contribution in [-0.2, 0) is 10.5 Å². The molecular weight excluding hydrogens is 446 g/mol. The number of nitrogens with zero attached hydrogens (tertiary/aromatic N) is 6. The normalized spacial score (nSPS) is 16.9. The number of rotatable bonds is 5. The lowest BCUT2D eigenvalue weighted by Crippen LogP contribution is -2.44. The number of hydrogen-bond donors (Lipinski definition) is 1. The molecule has 2 saturated heterocycles. The Hall–Kier alpha value is -3.01. The van der Waals surface area contributed by atoms with Crippen molar-refractivity contribution >= 4 is 45.3 Å². The van der Waals surface area contributed by atoms with Gasteiger partial charge in [-0.15, -0.1) is 0 Å². The average molecular weight is 474 g/mol. The van der Waals surface area contributed by atoms with Crippen molar-refractivity contribution in [2.45, 2.75) is 10.8 Å². The van der Waals surface area contributed by atoms with Crippen LogP contribution in [-0.4, -0.2) is 72.4 Å². The molecule has 0 saturated carbocycles. The highest BCUT2D eigenvalue weighted by atomic mass is 32.2. The standard InChI is InChI=1S/C25H27N7OS/c1-2-7-20-18(4-1)5-3-6-19(20)16-34-24-22-21(27-17-28-24)23(31-12-14-33-15-13-31)30-25(29-22)32-10-8-26-9-11-32/h1-7,17,26H,8-16H2. The Balaban J connectivity index is 1.40. The van der Waals surface area contributed by atoms with E-state index in [9.17, 15) is 0 Å². The van der Waals surface area contributed by atoms with Crippen LogP contribution in [0.1, 0.15) is 5.56 Å². The van der Waals surface area contributed by atoms with Gasteiger partial charge in [-0.25, -0.2) is 15.0 Å². The molecule has 2 aliphatic rings. The van der Waals surface area contributed by atoms with E-state index < -0.39 is 0 Å². The maximum Gasteiger partial charge on any atom is 0.228 e. The quantitative estimate of drug-likeness (QED) is 0.347. The third-order valence-electron chi connectivity index (χ3n) is 6.37. The second-order valence-corrected chi connectivity index (χ2v) is 9.45. The van der Waals surface area contributed by atoms with E-state index in [1.807, 2.05) is 0 Å². The van der Waals surface area contributed by atoms with Crippen molar-refractivity contribution in [3.8, 4) is 0 Å². The van der Waals surface area contributed by atoms with Gasteiger partial charge in [-0.1, -0.05) is 54.2 Å². The maximum atomic E-state index is 5.59. The first-order chi connectivity index (χ1) is 16.9. The van der Waals surface area contributed by atoms with Crippen molar-refractivity contribution in [2.24, 2.45) is 0 Å². The molecule has 2 aromatic heterocycles. The molecular formula is C25H27N7OS. The summed E-state index contributed by atoms with van der Waals surface area (Å²) in [5.74, 6) is 2.46. The van der Waals surface area contributed by atoms with Gasteiger partial charge in [0, 0.05) is 45.0 Å². The van der Waals surface area contributed by atoms with E-state index in [0.717, 1.165) is 72.8 Å². The monoisotopic (exact) mass is 473 g/mol. The molecule has 0 amide bonds. The van der Waals surface area contributed by atoms with Crippen molar-refractivity contribution in [1.82, 2.24) is 25.3 Å². The van der Waals surface area contributed by atoms with Crippen LogP contribution in [0.25, 0.3) is 21.8 Å². The summed E-state index contributed by atoms with van der Waals surface area (Å²) in [6.45, 7) is 6.64. The van der Waals surface area contributed by atoms with Gasteiger partial charge in [0.2, 0.25) is 5.95 Å². The highest BCUT2D eigenvalue weighted by molar-refractivity contribution is 7.98.